The third kappa shape index (κ3) is 1.46. The van der Waals surface area contributed by atoms with Crippen LogP contribution in [-0.2, 0) is 13.5 Å². The third-order valence-corrected chi connectivity index (χ3v) is 6.04. The first kappa shape index (κ1) is 12.4. The number of pyridine rings is 1. The predicted octanol–water partition coefficient (Wildman–Crippen LogP) is 4.76. The van der Waals surface area contributed by atoms with E-state index in [9.17, 15) is 0 Å². The molecule has 0 N–H and O–H groups in total. The Morgan fingerprint density at radius 1 is 1.00 bits per heavy atom. The van der Waals surface area contributed by atoms with Crippen molar-refractivity contribution in [2.45, 2.75) is 13.3 Å². The van der Waals surface area contributed by atoms with Gasteiger partial charge in [-0.05, 0) is 53.3 Å². The average Bonchev–Trinajstić information content (AvgIpc) is 3.07. The number of rotatable bonds is 0. The number of aromatic nitrogens is 1. The maximum Gasteiger partial charge on any atom is 0.231 e. The van der Waals surface area contributed by atoms with Gasteiger partial charge in [0.15, 0.2) is 6.20 Å². The Bertz CT molecular complexity index is 1070. The molecule has 0 saturated carbocycles. The normalized spacial score (nSPS) is 12.8. The van der Waals surface area contributed by atoms with Crippen LogP contribution >= 0.6 is 11.3 Å². The van der Waals surface area contributed by atoms with Crippen molar-refractivity contribution in [3.05, 3.63) is 65.4 Å². The van der Waals surface area contributed by atoms with Gasteiger partial charge in [-0.3, -0.25) is 0 Å². The number of fused-ring (bicyclic) bond motifs is 6. The average molecular weight is 302 g/mol. The molecule has 0 saturated heterocycles. The summed E-state index contributed by atoms with van der Waals surface area (Å²) in [5, 5.41) is 1.44. The van der Waals surface area contributed by atoms with Crippen LogP contribution in [0.5, 0.6) is 0 Å². The van der Waals surface area contributed by atoms with Crippen LogP contribution in [-0.4, -0.2) is 0 Å². The molecule has 0 spiro atoms. The Morgan fingerprint density at radius 3 is 2.77 bits per heavy atom. The molecule has 2 aromatic heterocycles. The molecule has 0 radical (unpaired) electrons. The van der Waals surface area contributed by atoms with Gasteiger partial charge in [0.1, 0.15) is 11.7 Å². The molecule has 1 aliphatic carbocycles. The molecule has 0 aliphatic heterocycles. The number of thiophene rings is 1. The van der Waals surface area contributed by atoms with Gasteiger partial charge in [-0.15, -0.1) is 11.3 Å². The summed E-state index contributed by atoms with van der Waals surface area (Å²) in [5.74, 6) is 0. The first-order valence-electron chi connectivity index (χ1n) is 7.65. The van der Waals surface area contributed by atoms with Crippen molar-refractivity contribution in [3.8, 4) is 11.1 Å². The summed E-state index contributed by atoms with van der Waals surface area (Å²) in [5.41, 5.74) is 8.67. The van der Waals surface area contributed by atoms with Crippen molar-refractivity contribution >= 4 is 31.6 Å². The summed E-state index contributed by atoms with van der Waals surface area (Å²) in [6.45, 7) is 2.30. The number of aryl methyl sites for hydroxylation is 2. The number of hydrogen-bond donors (Lipinski definition) is 0. The van der Waals surface area contributed by atoms with Gasteiger partial charge >= 0.3 is 0 Å². The standard InChI is InChI=1S/C20H16NS/c1-12-15-10-13-6-3-4-7-14(13)16(15)11-18-19(12)20-17(22-18)8-5-9-21(20)2/h3-9,11H,10H2,1-2H3/q+1. The Morgan fingerprint density at radius 2 is 1.86 bits per heavy atom. The molecule has 0 amide bonds. The molecule has 5 rings (SSSR count). The zero-order valence-corrected chi connectivity index (χ0v) is 13.5. The van der Waals surface area contributed by atoms with Gasteiger partial charge in [-0.25, -0.2) is 0 Å². The lowest BCUT2D eigenvalue weighted by molar-refractivity contribution is -0.644. The molecule has 1 nitrogen and oxygen atoms in total. The second kappa shape index (κ2) is 4.17. The van der Waals surface area contributed by atoms with E-state index in [-0.39, 0.29) is 0 Å². The number of hydrogen-bond acceptors (Lipinski definition) is 1. The van der Waals surface area contributed by atoms with E-state index >= 15 is 0 Å². The highest BCUT2D eigenvalue weighted by atomic mass is 32.1. The highest BCUT2D eigenvalue weighted by Crippen LogP contribution is 2.44. The lowest BCUT2D eigenvalue weighted by atomic mass is 9.98. The number of benzene rings is 2. The van der Waals surface area contributed by atoms with Gasteiger partial charge in [-0.1, -0.05) is 24.3 Å². The summed E-state index contributed by atoms with van der Waals surface area (Å²) in [4.78, 5) is 0. The number of nitrogens with zero attached hydrogens (tertiary/aromatic N) is 1. The summed E-state index contributed by atoms with van der Waals surface area (Å²) < 4.78 is 5.04. The van der Waals surface area contributed by atoms with Crippen LogP contribution in [0.4, 0.5) is 0 Å². The quantitative estimate of drug-likeness (QED) is 0.363. The smallest absolute Gasteiger partial charge is 0.200 e. The third-order valence-electron chi connectivity index (χ3n) is 4.95. The lowest BCUT2D eigenvalue weighted by Gasteiger charge is -2.06. The van der Waals surface area contributed by atoms with E-state index < -0.39 is 0 Å². The van der Waals surface area contributed by atoms with Crippen LogP contribution in [0.15, 0.2) is 48.7 Å². The second-order valence-electron chi connectivity index (χ2n) is 6.17. The zero-order chi connectivity index (χ0) is 14.8. The van der Waals surface area contributed by atoms with Crippen LogP contribution in [0.1, 0.15) is 16.7 Å². The van der Waals surface area contributed by atoms with E-state index in [0.29, 0.717) is 0 Å². The van der Waals surface area contributed by atoms with Crippen LogP contribution in [0.25, 0.3) is 31.4 Å². The van der Waals surface area contributed by atoms with Crippen molar-refractivity contribution in [2.24, 2.45) is 7.05 Å². The minimum atomic E-state index is 1.07. The summed E-state index contributed by atoms with van der Waals surface area (Å²) in [7, 11) is 2.15. The summed E-state index contributed by atoms with van der Waals surface area (Å²) in [6, 6.07) is 15.6. The molecule has 1 aliphatic rings. The van der Waals surface area contributed by atoms with Gasteiger partial charge in [0, 0.05) is 10.8 Å². The van der Waals surface area contributed by atoms with E-state index in [4.69, 9.17) is 0 Å². The molecule has 2 heterocycles. The molecule has 2 aromatic carbocycles. The van der Waals surface area contributed by atoms with Crippen molar-refractivity contribution in [1.29, 1.82) is 0 Å². The fraction of sp³-hybridized carbons (Fsp3) is 0.150. The Kier molecular flexibility index (Phi) is 2.35. The van der Waals surface area contributed by atoms with E-state index in [0.717, 1.165) is 6.42 Å². The van der Waals surface area contributed by atoms with Gasteiger partial charge in [0.2, 0.25) is 5.52 Å². The molecule has 22 heavy (non-hydrogen) atoms. The SMILES string of the molecule is Cc1c2c(cc3sc4ccc[n+](C)c4c13)-c1ccccc1C2. The predicted molar refractivity (Wildman–Crippen MR) is 93.5 cm³/mol. The Hall–Kier alpha value is -2.19. The van der Waals surface area contributed by atoms with E-state index in [2.05, 4.69) is 67.2 Å². The van der Waals surface area contributed by atoms with Crippen molar-refractivity contribution in [3.63, 3.8) is 0 Å². The maximum absolute atomic E-state index is 2.41. The molecular formula is C20H16NS+. The van der Waals surface area contributed by atoms with Crippen LogP contribution in [0.2, 0.25) is 0 Å². The van der Waals surface area contributed by atoms with Gasteiger partial charge in [0.05, 0.1) is 5.39 Å². The minimum absolute atomic E-state index is 1.07. The molecule has 0 fully saturated rings. The van der Waals surface area contributed by atoms with Gasteiger partial charge in [-0.2, -0.15) is 4.57 Å². The van der Waals surface area contributed by atoms with Crippen molar-refractivity contribution in [1.82, 2.24) is 0 Å². The van der Waals surface area contributed by atoms with E-state index in [1.54, 1.807) is 0 Å². The molecule has 0 bridgehead atoms. The highest BCUT2D eigenvalue weighted by molar-refractivity contribution is 7.25. The van der Waals surface area contributed by atoms with Crippen LogP contribution in [0, 0.1) is 6.92 Å². The largest absolute Gasteiger partial charge is 0.231 e. The first-order chi connectivity index (χ1) is 10.7. The summed E-state index contributed by atoms with van der Waals surface area (Å²) >= 11 is 1.91. The van der Waals surface area contributed by atoms with Gasteiger partial charge < -0.3 is 0 Å². The van der Waals surface area contributed by atoms with E-state index in [1.165, 1.54) is 48.1 Å². The maximum atomic E-state index is 2.41. The molecule has 2 heteroatoms. The monoisotopic (exact) mass is 302 g/mol. The fourth-order valence-electron chi connectivity index (χ4n) is 3.89. The topological polar surface area (TPSA) is 3.88 Å². The lowest BCUT2D eigenvalue weighted by Crippen LogP contribution is -2.27. The Balaban J connectivity index is 1.96. The molecule has 0 atom stereocenters. The molecule has 4 aromatic rings. The Labute approximate surface area is 133 Å². The van der Waals surface area contributed by atoms with Gasteiger partial charge in [0.25, 0.3) is 0 Å². The van der Waals surface area contributed by atoms with Crippen LogP contribution in [0.3, 0.4) is 0 Å². The first-order valence-corrected chi connectivity index (χ1v) is 8.47. The molecule has 106 valence electrons. The minimum Gasteiger partial charge on any atom is -0.200 e. The van der Waals surface area contributed by atoms with Crippen LogP contribution < -0.4 is 4.57 Å². The molecular weight excluding hydrogens is 286 g/mol. The molecule has 0 unspecified atom stereocenters. The summed E-state index contributed by atoms with van der Waals surface area (Å²) in [6.07, 6.45) is 3.22. The van der Waals surface area contributed by atoms with E-state index in [1.807, 2.05) is 11.3 Å². The van der Waals surface area contributed by atoms with Crippen molar-refractivity contribution < 1.29 is 4.57 Å². The fourth-order valence-corrected chi connectivity index (χ4v) is 5.14. The van der Waals surface area contributed by atoms with Crippen molar-refractivity contribution in [2.75, 3.05) is 0 Å². The second-order valence-corrected chi connectivity index (χ2v) is 7.25. The highest BCUT2D eigenvalue weighted by Gasteiger charge is 2.25. The zero-order valence-electron chi connectivity index (χ0n) is 12.7.